The van der Waals surface area contributed by atoms with Gasteiger partial charge in [-0.05, 0) is 18.2 Å². The number of amides is 1. The minimum atomic E-state index is -0.575. The van der Waals surface area contributed by atoms with Crippen LogP contribution >= 0.6 is 11.6 Å². The SMILES string of the molecule is N#C/C(=C/Nc1ncccn1)C(=O)Nc1ccccc1Cl. The Balaban J connectivity index is 2.09. The van der Waals surface area contributed by atoms with Gasteiger partial charge in [-0.2, -0.15) is 5.26 Å². The van der Waals surface area contributed by atoms with Crippen LogP contribution in [0.4, 0.5) is 11.6 Å². The molecule has 2 rings (SSSR count). The maximum atomic E-state index is 12.0. The monoisotopic (exact) mass is 299 g/mol. The number of aromatic nitrogens is 2. The van der Waals surface area contributed by atoms with Gasteiger partial charge in [-0.3, -0.25) is 4.79 Å². The lowest BCUT2D eigenvalue weighted by Crippen LogP contribution is -2.15. The van der Waals surface area contributed by atoms with Crippen LogP contribution in [0.25, 0.3) is 0 Å². The highest BCUT2D eigenvalue weighted by Crippen LogP contribution is 2.20. The summed E-state index contributed by atoms with van der Waals surface area (Å²) in [6.07, 6.45) is 4.32. The second kappa shape index (κ2) is 7.03. The van der Waals surface area contributed by atoms with Crippen LogP contribution in [0.1, 0.15) is 0 Å². The Labute approximate surface area is 126 Å². The van der Waals surface area contributed by atoms with Crippen molar-refractivity contribution in [3.8, 4) is 6.07 Å². The molecule has 2 aromatic rings. The van der Waals surface area contributed by atoms with Crippen LogP contribution in [0.5, 0.6) is 0 Å². The van der Waals surface area contributed by atoms with Gasteiger partial charge in [-0.1, -0.05) is 23.7 Å². The van der Waals surface area contributed by atoms with Gasteiger partial charge in [0.15, 0.2) is 0 Å². The summed E-state index contributed by atoms with van der Waals surface area (Å²) in [4.78, 5) is 19.8. The van der Waals surface area contributed by atoms with E-state index < -0.39 is 5.91 Å². The molecule has 0 aliphatic carbocycles. The molecule has 1 amide bonds. The molecular weight excluding hydrogens is 290 g/mol. The van der Waals surface area contributed by atoms with Crippen molar-refractivity contribution in [2.75, 3.05) is 10.6 Å². The Morgan fingerprint density at radius 2 is 1.95 bits per heavy atom. The summed E-state index contributed by atoms with van der Waals surface area (Å²) < 4.78 is 0. The summed E-state index contributed by atoms with van der Waals surface area (Å²) in [7, 11) is 0. The first-order valence-corrected chi connectivity index (χ1v) is 6.28. The second-order valence-electron chi connectivity index (χ2n) is 3.82. The Morgan fingerprint density at radius 1 is 1.24 bits per heavy atom. The van der Waals surface area contributed by atoms with Gasteiger partial charge in [0.1, 0.15) is 11.6 Å². The molecule has 1 heterocycles. The predicted molar refractivity (Wildman–Crippen MR) is 79.4 cm³/mol. The minimum Gasteiger partial charge on any atom is -0.329 e. The van der Waals surface area contributed by atoms with Gasteiger partial charge in [-0.25, -0.2) is 9.97 Å². The number of para-hydroxylation sites is 1. The van der Waals surface area contributed by atoms with Gasteiger partial charge in [0.25, 0.3) is 5.91 Å². The van der Waals surface area contributed by atoms with Gasteiger partial charge >= 0.3 is 0 Å². The standard InChI is InChI=1S/C14H10ClN5O/c15-11-4-1-2-5-12(11)20-13(21)10(8-16)9-19-14-17-6-3-7-18-14/h1-7,9H,(H,20,21)(H,17,18,19)/b10-9-. The number of hydrogen-bond donors (Lipinski definition) is 2. The molecule has 2 N–H and O–H groups in total. The molecule has 0 fully saturated rings. The molecule has 6 nitrogen and oxygen atoms in total. The first-order valence-electron chi connectivity index (χ1n) is 5.90. The Hall–Kier alpha value is -2.91. The van der Waals surface area contributed by atoms with Gasteiger partial charge in [0.05, 0.1) is 10.7 Å². The average Bonchev–Trinajstić information content (AvgIpc) is 2.51. The van der Waals surface area contributed by atoms with E-state index in [0.29, 0.717) is 10.7 Å². The van der Waals surface area contributed by atoms with Crippen molar-refractivity contribution < 1.29 is 4.79 Å². The molecule has 1 aromatic heterocycles. The molecule has 0 bridgehead atoms. The van der Waals surface area contributed by atoms with E-state index in [1.165, 1.54) is 6.20 Å². The fraction of sp³-hybridized carbons (Fsp3) is 0. The fourth-order valence-corrected chi connectivity index (χ4v) is 1.59. The third kappa shape index (κ3) is 4.03. The number of nitrogens with zero attached hydrogens (tertiary/aromatic N) is 3. The van der Waals surface area contributed by atoms with Crippen LogP contribution in [0.2, 0.25) is 5.02 Å². The zero-order valence-corrected chi connectivity index (χ0v) is 11.5. The van der Waals surface area contributed by atoms with E-state index >= 15 is 0 Å². The number of nitriles is 1. The van der Waals surface area contributed by atoms with E-state index in [9.17, 15) is 4.79 Å². The third-order valence-corrected chi connectivity index (χ3v) is 2.73. The zero-order valence-electron chi connectivity index (χ0n) is 10.7. The number of anilines is 2. The molecule has 7 heteroatoms. The summed E-state index contributed by atoms with van der Waals surface area (Å²) in [5.74, 6) is -0.287. The number of carbonyl (C=O) groups is 1. The maximum Gasteiger partial charge on any atom is 0.267 e. The van der Waals surface area contributed by atoms with Crippen molar-refractivity contribution >= 4 is 29.1 Å². The smallest absolute Gasteiger partial charge is 0.267 e. The first kappa shape index (κ1) is 14.5. The van der Waals surface area contributed by atoms with Crippen molar-refractivity contribution in [3.63, 3.8) is 0 Å². The van der Waals surface area contributed by atoms with E-state index in [0.717, 1.165) is 0 Å². The van der Waals surface area contributed by atoms with Gasteiger partial charge in [0.2, 0.25) is 5.95 Å². The highest BCUT2D eigenvalue weighted by molar-refractivity contribution is 6.33. The number of halogens is 1. The number of carbonyl (C=O) groups excluding carboxylic acids is 1. The van der Waals surface area contributed by atoms with Crippen LogP contribution in [-0.4, -0.2) is 15.9 Å². The lowest BCUT2D eigenvalue weighted by Gasteiger charge is -2.06. The molecule has 0 radical (unpaired) electrons. The summed E-state index contributed by atoms with van der Waals surface area (Å²) in [6, 6.07) is 10.2. The van der Waals surface area contributed by atoms with Crippen molar-refractivity contribution in [2.24, 2.45) is 0 Å². The van der Waals surface area contributed by atoms with Crippen LogP contribution in [0, 0.1) is 11.3 Å². The molecule has 0 saturated heterocycles. The van der Waals surface area contributed by atoms with Crippen molar-refractivity contribution in [1.29, 1.82) is 5.26 Å². The summed E-state index contributed by atoms with van der Waals surface area (Å²) in [5.41, 5.74) is 0.309. The van der Waals surface area contributed by atoms with Crippen LogP contribution < -0.4 is 10.6 Å². The minimum absolute atomic E-state index is 0.123. The van der Waals surface area contributed by atoms with E-state index in [1.807, 2.05) is 0 Å². The molecule has 0 unspecified atom stereocenters. The lowest BCUT2D eigenvalue weighted by atomic mass is 10.2. The summed E-state index contributed by atoms with van der Waals surface area (Å²) in [5, 5.41) is 14.7. The number of nitrogens with one attached hydrogen (secondary N) is 2. The molecule has 21 heavy (non-hydrogen) atoms. The van der Waals surface area contributed by atoms with E-state index in [-0.39, 0.29) is 11.5 Å². The highest BCUT2D eigenvalue weighted by atomic mass is 35.5. The first-order chi connectivity index (χ1) is 10.2. The zero-order chi connectivity index (χ0) is 15.1. The van der Waals surface area contributed by atoms with Gasteiger partial charge in [0, 0.05) is 18.6 Å². The van der Waals surface area contributed by atoms with Crippen molar-refractivity contribution in [2.45, 2.75) is 0 Å². The fourth-order valence-electron chi connectivity index (χ4n) is 1.41. The Morgan fingerprint density at radius 3 is 2.62 bits per heavy atom. The van der Waals surface area contributed by atoms with Crippen LogP contribution in [0.3, 0.4) is 0 Å². The average molecular weight is 300 g/mol. The highest BCUT2D eigenvalue weighted by Gasteiger charge is 2.11. The Kier molecular flexibility index (Phi) is 4.85. The van der Waals surface area contributed by atoms with Crippen molar-refractivity contribution in [3.05, 3.63) is 59.5 Å². The number of rotatable bonds is 4. The molecule has 0 spiro atoms. The van der Waals surface area contributed by atoms with E-state index in [4.69, 9.17) is 16.9 Å². The molecule has 0 atom stereocenters. The third-order valence-electron chi connectivity index (χ3n) is 2.40. The van der Waals surface area contributed by atoms with Gasteiger partial charge in [-0.15, -0.1) is 0 Å². The normalized spacial score (nSPS) is 10.6. The molecule has 104 valence electrons. The predicted octanol–water partition coefficient (Wildman–Crippen LogP) is 2.59. The Bertz CT molecular complexity index is 709. The van der Waals surface area contributed by atoms with Gasteiger partial charge < -0.3 is 10.6 Å². The quantitative estimate of drug-likeness (QED) is 0.669. The molecular formula is C14H10ClN5O. The van der Waals surface area contributed by atoms with E-state index in [1.54, 1.807) is 48.8 Å². The molecule has 0 aliphatic rings. The molecule has 1 aromatic carbocycles. The van der Waals surface area contributed by atoms with E-state index in [2.05, 4.69) is 20.6 Å². The second-order valence-corrected chi connectivity index (χ2v) is 4.23. The maximum absolute atomic E-state index is 12.0. The molecule has 0 aliphatic heterocycles. The summed E-state index contributed by atoms with van der Waals surface area (Å²) >= 11 is 5.94. The largest absolute Gasteiger partial charge is 0.329 e. The van der Waals surface area contributed by atoms with Crippen molar-refractivity contribution in [1.82, 2.24) is 9.97 Å². The number of hydrogen-bond acceptors (Lipinski definition) is 5. The molecule has 0 saturated carbocycles. The topological polar surface area (TPSA) is 90.7 Å². The summed E-state index contributed by atoms with van der Waals surface area (Å²) in [6.45, 7) is 0. The lowest BCUT2D eigenvalue weighted by molar-refractivity contribution is -0.112. The van der Waals surface area contributed by atoms with Crippen LogP contribution in [-0.2, 0) is 4.79 Å². The number of benzene rings is 1. The van der Waals surface area contributed by atoms with Crippen LogP contribution in [0.15, 0.2) is 54.5 Å².